The molecule has 0 aliphatic carbocycles. The third-order valence-electron chi connectivity index (χ3n) is 3.35. The van der Waals surface area contributed by atoms with Gasteiger partial charge < -0.3 is 15.4 Å². The second-order valence-corrected chi connectivity index (χ2v) is 5.03. The molecule has 0 bridgehead atoms. The zero-order valence-corrected chi connectivity index (χ0v) is 13.4. The van der Waals surface area contributed by atoms with Gasteiger partial charge in [-0.1, -0.05) is 18.2 Å². The van der Waals surface area contributed by atoms with Crippen LogP contribution in [0.25, 0.3) is 10.8 Å². The summed E-state index contributed by atoms with van der Waals surface area (Å²) in [6.07, 6.45) is 0.638. The first-order valence-corrected chi connectivity index (χ1v) is 7.73. The lowest BCUT2D eigenvalue weighted by Gasteiger charge is -2.08. The number of carbonyl (C=O) groups excluding carboxylic acids is 2. The minimum absolute atomic E-state index is 0.0441. The first-order chi connectivity index (χ1) is 11.6. The predicted molar refractivity (Wildman–Crippen MR) is 88.3 cm³/mol. The number of aromatic nitrogens is 2. The van der Waals surface area contributed by atoms with Gasteiger partial charge in [-0.05, 0) is 19.4 Å². The monoisotopic (exact) mass is 332 g/mol. The van der Waals surface area contributed by atoms with Gasteiger partial charge in [-0.15, -0.1) is 0 Å². The molecule has 0 aliphatic rings. The van der Waals surface area contributed by atoms with Crippen LogP contribution in [-0.2, 0) is 20.9 Å². The van der Waals surface area contributed by atoms with Crippen molar-refractivity contribution in [1.29, 1.82) is 0 Å². The molecule has 1 aromatic carbocycles. The number of fused-ring (bicyclic) bond motifs is 1. The van der Waals surface area contributed by atoms with Gasteiger partial charge in [0.15, 0.2) is 0 Å². The number of carbonyl (C=O) groups is 2. The Morgan fingerprint density at radius 1 is 1.17 bits per heavy atom. The van der Waals surface area contributed by atoms with Gasteiger partial charge in [0.1, 0.15) is 0 Å². The van der Waals surface area contributed by atoms with Gasteiger partial charge in [-0.2, -0.15) is 5.10 Å². The summed E-state index contributed by atoms with van der Waals surface area (Å²) in [5, 5.41) is 12.4. The molecule has 8 heteroatoms. The van der Waals surface area contributed by atoms with Crippen LogP contribution in [0.15, 0.2) is 29.1 Å². The molecule has 0 spiro atoms. The molecule has 0 unspecified atom stereocenters. The second-order valence-electron chi connectivity index (χ2n) is 5.03. The molecule has 2 aromatic rings. The number of nitrogens with zero attached hydrogens (tertiary/aromatic N) is 1. The van der Waals surface area contributed by atoms with Crippen LogP contribution >= 0.6 is 0 Å². The van der Waals surface area contributed by atoms with Crippen LogP contribution in [0, 0.1) is 0 Å². The lowest BCUT2D eigenvalue weighted by molar-refractivity contribution is -0.139. The number of hydrogen-bond acceptors (Lipinski definition) is 5. The topological polar surface area (TPSA) is 113 Å². The van der Waals surface area contributed by atoms with Gasteiger partial charge >= 0.3 is 11.8 Å². The van der Waals surface area contributed by atoms with E-state index in [1.807, 2.05) is 6.92 Å². The average Bonchev–Trinajstić information content (AvgIpc) is 2.61. The van der Waals surface area contributed by atoms with Gasteiger partial charge in [0.2, 0.25) is 0 Å². The molecule has 2 amide bonds. The Kier molecular flexibility index (Phi) is 6.44. The summed E-state index contributed by atoms with van der Waals surface area (Å²) < 4.78 is 5.14. The van der Waals surface area contributed by atoms with E-state index in [0.717, 1.165) is 0 Å². The maximum atomic E-state index is 11.8. The van der Waals surface area contributed by atoms with E-state index in [1.54, 1.807) is 24.3 Å². The second kappa shape index (κ2) is 8.78. The molecule has 128 valence electrons. The number of hydrogen-bond donors (Lipinski definition) is 3. The van der Waals surface area contributed by atoms with Crippen molar-refractivity contribution in [2.75, 3.05) is 19.8 Å². The van der Waals surface area contributed by atoms with E-state index in [2.05, 4.69) is 20.8 Å². The molecule has 8 nitrogen and oxygen atoms in total. The van der Waals surface area contributed by atoms with Crippen molar-refractivity contribution in [2.45, 2.75) is 19.9 Å². The van der Waals surface area contributed by atoms with E-state index in [0.29, 0.717) is 42.6 Å². The number of aromatic amines is 1. The van der Waals surface area contributed by atoms with Crippen molar-refractivity contribution in [3.05, 3.63) is 40.3 Å². The quantitative estimate of drug-likeness (QED) is 0.491. The third kappa shape index (κ3) is 4.63. The van der Waals surface area contributed by atoms with Gasteiger partial charge in [0.25, 0.3) is 5.56 Å². The molecule has 24 heavy (non-hydrogen) atoms. The maximum absolute atomic E-state index is 11.8. The smallest absolute Gasteiger partial charge is 0.309 e. The van der Waals surface area contributed by atoms with E-state index in [-0.39, 0.29) is 12.1 Å². The summed E-state index contributed by atoms with van der Waals surface area (Å²) in [6, 6.07) is 6.94. The molecule has 0 atom stereocenters. The van der Waals surface area contributed by atoms with Crippen molar-refractivity contribution in [3.63, 3.8) is 0 Å². The third-order valence-corrected chi connectivity index (χ3v) is 3.35. The molecule has 0 fully saturated rings. The molecule has 0 saturated carbocycles. The van der Waals surface area contributed by atoms with E-state index in [9.17, 15) is 14.4 Å². The van der Waals surface area contributed by atoms with E-state index >= 15 is 0 Å². The van der Waals surface area contributed by atoms with Crippen molar-refractivity contribution < 1.29 is 14.3 Å². The average molecular weight is 332 g/mol. The number of nitrogens with one attached hydrogen (secondary N) is 3. The van der Waals surface area contributed by atoms with Crippen LogP contribution in [0.4, 0.5) is 0 Å². The zero-order valence-electron chi connectivity index (χ0n) is 13.4. The highest BCUT2D eigenvalue weighted by Gasteiger charge is 2.14. The van der Waals surface area contributed by atoms with Crippen molar-refractivity contribution >= 4 is 22.6 Å². The number of H-pyrrole nitrogens is 1. The Balaban J connectivity index is 1.89. The first-order valence-electron chi connectivity index (χ1n) is 7.73. The molecular weight excluding hydrogens is 312 g/mol. The summed E-state index contributed by atoms with van der Waals surface area (Å²) in [5.74, 6) is -1.45. The molecule has 3 N–H and O–H groups in total. The van der Waals surface area contributed by atoms with Crippen molar-refractivity contribution in [2.24, 2.45) is 0 Å². The highest BCUT2D eigenvalue weighted by atomic mass is 16.5. The van der Waals surface area contributed by atoms with Crippen LogP contribution in [0.3, 0.4) is 0 Å². The Morgan fingerprint density at radius 2 is 1.88 bits per heavy atom. The standard InChI is InChI=1S/C16H20N4O4/c1-2-24-9-5-8-17-15(22)16(23)18-10-13-11-6-3-4-7-12(11)14(21)20-19-13/h3-4,6-7H,2,5,8-10H2,1H3,(H,17,22)(H,18,23)(H,20,21). The minimum Gasteiger partial charge on any atom is -0.382 e. The van der Waals surface area contributed by atoms with E-state index in [1.165, 1.54) is 0 Å². The van der Waals surface area contributed by atoms with Crippen LogP contribution in [0.1, 0.15) is 19.0 Å². The number of benzene rings is 1. The highest BCUT2D eigenvalue weighted by molar-refractivity contribution is 6.35. The van der Waals surface area contributed by atoms with Crippen LogP contribution in [0.5, 0.6) is 0 Å². The molecule has 0 aliphatic heterocycles. The minimum atomic E-state index is -0.747. The molecule has 1 heterocycles. The Morgan fingerprint density at radius 3 is 2.62 bits per heavy atom. The van der Waals surface area contributed by atoms with Gasteiger partial charge in [-0.25, -0.2) is 5.10 Å². The molecule has 1 aromatic heterocycles. The first kappa shape index (κ1) is 17.6. The Labute approximate surface area is 138 Å². The van der Waals surface area contributed by atoms with Gasteiger partial charge in [-0.3, -0.25) is 14.4 Å². The fraction of sp³-hybridized carbons (Fsp3) is 0.375. The Hall–Kier alpha value is -2.74. The van der Waals surface area contributed by atoms with Crippen molar-refractivity contribution in [3.8, 4) is 0 Å². The zero-order chi connectivity index (χ0) is 17.4. The SMILES string of the molecule is CCOCCCNC(=O)C(=O)NCc1n[nH]c(=O)c2ccccc12. The highest BCUT2D eigenvalue weighted by Crippen LogP contribution is 2.11. The maximum Gasteiger partial charge on any atom is 0.309 e. The van der Waals surface area contributed by atoms with Gasteiger partial charge in [0.05, 0.1) is 17.6 Å². The predicted octanol–water partition coefficient (Wildman–Crippen LogP) is 0.0821. The number of amides is 2. The van der Waals surface area contributed by atoms with Crippen molar-refractivity contribution in [1.82, 2.24) is 20.8 Å². The molecular formula is C16H20N4O4. The largest absolute Gasteiger partial charge is 0.382 e. The van der Waals surface area contributed by atoms with Crippen LogP contribution in [-0.4, -0.2) is 41.8 Å². The summed E-state index contributed by atoms with van der Waals surface area (Å²) in [5.41, 5.74) is 0.190. The molecule has 0 saturated heterocycles. The normalized spacial score (nSPS) is 10.5. The fourth-order valence-corrected chi connectivity index (χ4v) is 2.15. The number of ether oxygens (including phenoxy) is 1. The molecule has 0 radical (unpaired) electrons. The summed E-state index contributed by atoms with van der Waals surface area (Å²) in [4.78, 5) is 35.1. The van der Waals surface area contributed by atoms with Crippen LogP contribution < -0.4 is 16.2 Å². The Bertz CT molecular complexity index is 772. The fourth-order valence-electron chi connectivity index (χ4n) is 2.15. The number of rotatable bonds is 7. The van der Waals surface area contributed by atoms with Gasteiger partial charge in [0, 0.05) is 25.1 Å². The summed E-state index contributed by atoms with van der Waals surface area (Å²) >= 11 is 0. The lowest BCUT2D eigenvalue weighted by Crippen LogP contribution is -2.40. The summed E-state index contributed by atoms with van der Waals surface area (Å²) in [7, 11) is 0. The molecule has 2 rings (SSSR count). The summed E-state index contributed by atoms with van der Waals surface area (Å²) in [6.45, 7) is 3.45. The van der Waals surface area contributed by atoms with E-state index < -0.39 is 11.8 Å². The van der Waals surface area contributed by atoms with E-state index in [4.69, 9.17) is 4.74 Å². The van der Waals surface area contributed by atoms with Crippen LogP contribution in [0.2, 0.25) is 0 Å². The lowest BCUT2D eigenvalue weighted by atomic mass is 10.1.